The van der Waals surface area contributed by atoms with Crippen molar-refractivity contribution >= 4 is 5.97 Å². The van der Waals surface area contributed by atoms with Crippen LogP contribution >= 0.6 is 0 Å². The maximum Gasteiger partial charge on any atom is 0.340 e. The third-order valence-electron chi connectivity index (χ3n) is 2.70. The molecule has 0 aliphatic heterocycles. The van der Waals surface area contributed by atoms with E-state index >= 15 is 0 Å². The van der Waals surface area contributed by atoms with Crippen LogP contribution in [0.1, 0.15) is 42.3 Å². The van der Waals surface area contributed by atoms with Gasteiger partial charge in [0.2, 0.25) is 0 Å². The number of carboxylic acids is 1. The van der Waals surface area contributed by atoms with E-state index in [1.807, 2.05) is 19.9 Å². The van der Waals surface area contributed by atoms with E-state index in [9.17, 15) is 20.1 Å². The highest BCUT2D eigenvalue weighted by atomic mass is 16.4. The minimum atomic E-state index is -1.34. The smallest absolute Gasteiger partial charge is 0.340 e. The number of phenolic OH excluding ortho intramolecular Hbond substituents is 1. The van der Waals surface area contributed by atoms with E-state index < -0.39 is 5.97 Å². The Morgan fingerprint density at radius 3 is 2.43 bits per heavy atom. The van der Waals surface area contributed by atoms with Crippen LogP contribution in [0.4, 0.5) is 0 Å². The van der Waals surface area contributed by atoms with Gasteiger partial charge in [-0.05, 0) is 38.8 Å². The van der Waals surface area contributed by atoms with Crippen LogP contribution < -0.4 is 0 Å². The van der Waals surface area contributed by atoms with Gasteiger partial charge in [-0.25, -0.2) is 4.79 Å². The summed E-state index contributed by atoms with van der Waals surface area (Å²) in [4.78, 5) is 11.4. The molecule has 3 N–H and O–H groups in total. The number of allylic oxidation sites excluding steroid dienone is 3. The molecule has 0 amide bonds. The maximum absolute atomic E-state index is 11.4. The Balaban J connectivity index is 3.53. The fourth-order valence-corrected chi connectivity index (χ4v) is 1.69. The van der Waals surface area contributed by atoms with Gasteiger partial charge in [0, 0.05) is 5.56 Å². The Morgan fingerprint density at radius 2 is 1.95 bits per heavy atom. The SMILES string of the molecule is C=C(C)C#Cc1c(O)cc(CC=C(C)C)c(O)c1C(=O)O. The van der Waals surface area contributed by atoms with Crippen LogP contribution in [0, 0.1) is 11.8 Å². The lowest BCUT2D eigenvalue weighted by molar-refractivity contribution is 0.0692. The zero-order valence-electron chi connectivity index (χ0n) is 12.3. The van der Waals surface area contributed by atoms with Crippen molar-refractivity contribution in [1.29, 1.82) is 0 Å². The largest absolute Gasteiger partial charge is 0.507 e. The molecule has 4 heteroatoms. The van der Waals surface area contributed by atoms with Crippen LogP contribution in [0.25, 0.3) is 0 Å². The van der Waals surface area contributed by atoms with E-state index in [-0.39, 0.29) is 22.6 Å². The molecule has 1 rings (SSSR count). The first-order valence-electron chi connectivity index (χ1n) is 6.36. The number of carboxylic acid groups (broad SMARTS) is 1. The monoisotopic (exact) mass is 286 g/mol. The molecule has 4 nitrogen and oxygen atoms in total. The first-order valence-corrected chi connectivity index (χ1v) is 6.36. The second-order valence-electron chi connectivity index (χ2n) is 4.97. The molecule has 0 fully saturated rings. The number of aromatic carboxylic acids is 1. The van der Waals surface area contributed by atoms with Crippen LogP contribution in [0.3, 0.4) is 0 Å². The molecule has 110 valence electrons. The summed E-state index contributed by atoms with van der Waals surface area (Å²) in [7, 11) is 0. The first kappa shape index (κ1) is 16.4. The third kappa shape index (κ3) is 4.15. The first-order chi connectivity index (χ1) is 9.73. The van der Waals surface area contributed by atoms with E-state index in [1.165, 1.54) is 6.07 Å². The highest BCUT2D eigenvalue weighted by Crippen LogP contribution is 2.33. The number of hydrogen-bond acceptors (Lipinski definition) is 3. The minimum absolute atomic E-state index is 0.107. The van der Waals surface area contributed by atoms with E-state index in [0.29, 0.717) is 17.6 Å². The van der Waals surface area contributed by atoms with Crippen molar-refractivity contribution in [3.8, 4) is 23.3 Å². The molecule has 0 unspecified atom stereocenters. The standard InChI is InChI=1S/C17H18O4/c1-10(2)5-7-12-9-14(18)13(8-6-11(3)4)15(16(12)19)17(20)21/h5,9,18-19H,3,7H2,1-2,4H3,(H,20,21). The van der Waals surface area contributed by atoms with Crippen molar-refractivity contribution < 1.29 is 20.1 Å². The van der Waals surface area contributed by atoms with Gasteiger partial charge < -0.3 is 15.3 Å². The Bertz CT molecular complexity index is 681. The zero-order chi connectivity index (χ0) is 16.2. The predicted octanol–water partition coefficient (Wildman–Crippen LogP) is 3.23. The summed E-state index contributed by atoms with van der Waals surface area (Å²) in [6.45, 7) is 9.03. The van der Waals surface area contributed by atoms with Crippen LogP contribution in [0.5, 0.6) is 11.5 Å². The highest BCUT2D eigenvalue weighted by molar-refractivity contribution is 5.95. The van der Waals surface area contributed by atoms with Crippen LogP contribution in [-0.4, -0.2) is 21.3 Å². The number of carbonyl (C=O) groups is 1. The van der Waals surface area contributed by atoms with Crippen LogP contribution in [0.2, 0.25) is 0 Å². The Hall–Kier alpha value is -2.67. The van der Waals surface area contributed by atoms with Gasteiger partial charge in [-0.15, -0.1) is 0 Å². The molecule has 0 aliphatic rings. The van der Waals surface area contributed by atoms with Gasteiger partial charge in [-0.2, -0.15) is 0 Å². The summed E-state index contributed by atoms with van der Waals surface area (Å²) in [6.07, 6.45) is 2.16. The molecule has 0 bridgehead atoms. The summed E-state index contributed by atoms with van der Waals surface area (Å²) >= 11 is 0. The molecule has 0 heterocycles. The molecule has 0 saturated carbocycles. The summed E-state index contributed by atoms with van der Waals surface area (Å²) in [5, 5.41) is 29.4. The molecule has 0 aromatic heterocycles. The van der Waals surface area contributed by atoms with Gasteiger partial charge in [0.05, 0.1) is 5.56 Å². The number of benzene rings is 1. The quantitative estimate of drug-likeness (QED) is 0.453. The molecule has 0 radical (unpaired) electrons. The summed E-state index contributed by atoms with van der Waals surface area (Å²) in [5.41, 5.74) is 1.40. The van der Waals surface area contributed by atoms with Crippen molar-refractivity contribution in [2.45, 2.75) is 27.2 Å². The second-order valence-corrected chi connectivity index (χ2v) is 4.97. The van der Waals surface area contributed by atoms with Gasteiger partial charge in [-0.1, -0.05) is 30.1 Å². The van der Waals surface area contributed by atoms with Crippen molar-refractivity contribution in [3.63, 3.8) is 0 Å². The van der Waals surface area contributed by atoms with E-state index in [0.717, 1.165) is 5.57 Å². The highest BCUT2D eigenvalue weighted by Gasteiger charge is 2.21. The summed E-state index contributed by atoms with van der Waals surface area (Å²) < 4.78 is 0. The lowest BCUT2D eigenvalue weighted by Gasteiger charge is -2.10. The average molecular weight is 286 g/mol. The third-order valence-corrected chi connectivity index (χ3v) is 2.70. The number of aromatic hydroxyl groups is 2. The number of hydrogen-bond donors (Lipinski definition) is 3. The Morgan fingerprint density at radius 1 is 1.33 bits per heavy atom. The van der Waals surface area contributed by atoms with Gasteiger partial charge in [0.15, 0.2) is 0 Å². The van der Waals surface area contributed by atoms with E-state index in [4.69, 9.17) is 0 Å². The summed E-state index contributed by atoms with van der Waals surface area (Å²) in [6, 6.07) is 1.34. The van der Waals surface area contributed by atoms with E-state index in [1.54, 1.807) is 6.92 Å². The van der Waals surface area contributed by atoms with Crippen molar-refractivity contribution in [1.82, 2.24) is 0 Å². The fraction of sp³-hybridized carbons (Fsp3) is 0.235. The van der Waals surface area contributed by atoms with E-state index in [2.05, 4.69) is 18.4 Å². The zero-order valence-corrected chi connectivity index (χ0v) is 12.3. The second kappa shape index (κ2) is 6.67. The van der Waals surface area contributed by atoms with Crippen molar-refractivity contribution in [3.05, 3.63) is 46.6 Å². The Labute approximate surface area is 124 Å². The molecular weight excluding hydrogens is 268 g/mol. The Kier molecular flexibility index (Phi) is 5.20. The predicted molar refractivity (Wildman–Crippen MR) is 81.6 cm³/mol. The van der Waals surface area contributed by atoms with Crippen molar-refractivity contribution in [2.24, 2.45) is 0 Å². The molecule has 1 aromatic carbocycles. The molecule has 0 saturated heterocycles. The molecule has 0 spiro atoms. The molecule has 21 heavy (non-hydrogen) atoms. The van der Waals surface area contributed by atoms with Gasteiger partial charge in [0.1, 0.15) is 17.1 Å². The molecular formula is C17H18O4. The minimum Gasteiger partial charge on any atom is -0.507 e. The topological polar surface area (TPSA) is 77.8 Å². The lowest BCUT2D eigenvalue weighted by atomic mass is 9.98. The summed E-state index contributed by atoms with van der Waals surface area (Å²) in [5.74, 6) is 3.16. The molecule has 0 aliphatic carbocycles. The molecule has 0 atom stereocenters. The maximum atomic E-state index is 11.4. The average Bonchev–Trinajstić information content (AvgIpc) is 2.36. The number of rotatable bonds is 3. The van der Waals surface area contributed by atoms with Gasteiger partial charge in [-0.3, -0.25) is 0 Å². The lowest BCUT2D eigenvalue weighted by Crippen LogP contribution is -2.03. The number of phenols is 2. The normalized spacial score (nSPS) is 9.48. The van der Waals surface area contributed by atoms with Crippen LogP contribution in [-0.2, 0) is 6.42 Å². The molecule has 1 aromatic rings. The van der Waals surface area contributed by atoms with Gasteiger partial charge >= 0.3 is 5.97 Å². The van der Waals surface area contributed by atoms with Crippen LogP contribution in [0.15, 0.2) is 29.9 Å². The van der Waals surface area contributed by atoms with Gasteiger partial charge in [0.25, 0.3) is 0 Å². The van der Waals surface area contributed by atoms with Crippen molar-refractivity contribution in [2.75, 3.05) is 0 Å². The fourth-order valence-electron chi connectivity index (χ4n) is 1.69.